The number of nitrogens with one attached hydrogen (secondary N) is 2. The molecule has 2 aliphatic rings. The highest BCUT2D eigenvalue weighted by Gasteiger charge is 2.46. The monoisotopic (exact) mass is 540 g/mol. The van der Waals surface area contributed by atoms with Gasteiger partial charge in [0.15, 0.2) is 6.29 Å². The summed E-state index contributed by atoms with van der Waals surface area (Å²) in [4.78, 5) is 26.0. The van der Waals surface area contributed by atoms with Gasteiger partial charge in [0.2, 0.25) is 0 Å². The van der Waals surface area contributed by atoms with Gasteiger partial charge in [-0.15, -0.1) is 11.3 Å². The van der Waals surface area contributed by atoms with E-state index in [9.17, 15) is 9.59 Å². The first-order valence-electron chi connectivity index (χ1n) is 13.5. The average molecular weight is 541 g/mol. The minimum absolute atomic E-state index is 0.242. The Kier molecular flexibility index (Phi) is 12.4. The normalized spacial score (nSPS) is 19.9. The van der Waals surface area contributed by atoms with Crippen molar-refractivity contribution in [3.05, 3.63) is 59.6 Å². The standard InChI is InChI=1S/C17H26N2O3.C11H12N2S.C2H6/c1-4-8-17(9-7-13(2)3)12-19(16(21)22-17)15-6-5-14(11-20)10-18-15;1-13-10-7-8(4-5-9(10)12)11-3-2-6-14-11;1-2/h5-6,10-11,13,15,18H,4,7-9,12H2,1-3H3;2-7,13H,12H2,1H3;1-2H3. The fourth-order valence-electron chi connectivity index (χ4n) is 4.38. The molecule has 0 saturated carbocycles. The van der Waals surface area contributed by atoms with E-state index in [-0.39, 0.29) is 17.9 Å². The van der Waals surface area contributed by atoms with E-state index in [2.05, 4.69) is 55.0 Å². The molecule has 1 saturated heterocycles. The summed E-state index contributed by atoms with van der Waals surface area (Å²) in [7, 11) is 1.88. The van der Waals surface area contributed by atoms with Crippen LogP contribution in [0.3, 0.4) is 0 Å². The molecule has 1 aromatic heterocycles. The molecule has 3 heterocycles. The first-order valence-corrected chi connectivity index (χ1v) is 14.4. The smallest absolute Gasteiger partial charge is 0.412 e. The molecule has 208 valence electrons. The third kappa shape index (κ3) is 8.38. The second kappa shape index (κ2) is 15.2. The number of anilines is 2. The van der Waals surface area contributed by atoms with Crippen molar-refractivity contribution in [2.24, 2.45) is 5.92 Å². The highest BCUT2D eigenvalue weighted by atomic mass is 32.1. The molecule has 38 heavy (non-hydrogen) atoms. The number of nitrogens with zero attached hydrogens (tertiary/aromatic N) is 1. The Morgan fingerprint density at radius 2 is 2.05 bits per heavy atom. The lowest BCUT2D eigenvalue weighted by atomic mass is 9.89. The Morgan fingerprint density at radius 3 is 2.61 bits per heavy atom. The van der Waals surface area contributed by atoms with Gasteiger partial charge in [-0.1, -0.05) is 59.2 Å². The largest absolute Gasteiger partial charge is 0.441 e. The molecule has 2 unspecified atom stereocenters. The molecular weight excluding hydrogens is 496 g/mol. The van der Waals surface area contributed by atoms with Gasteiger partial charge < -0.3 is 21.1 Å². The van der Waals surface area contributed by atoms with Gasteiger partial charge in [0, 0.05) is 23.7 Å². The Bertz CT molecular complexity index is 1080. The fourth-order valence-corrected chi connectivity index (χ4v) is 5.10. The number of benzene rings is 1. The van der Waals surface area contributed by atoms with Gasteiger partial charge >= 0.3 is 6.09 Å². The van der Waals surface area contributed by atoms with E-state index in [0.717, 1.165) is 43.3 Å². The molecule has 4 rings (SSSR count). The van der Waals surface area contributed by atoms with Crippen LogP contribution in [0.2, 0.25) is 0 Å². The summed E-state index contributed by atoms with van der Waals surface area (Å²) in [5.41, 5.74) is 8.97. The van der Waals surface area contributed by atoms with Crippen LogP contribution in [0.1, 0.15) is 60.3 Å². The highest BCUT2D eigenvalue weighted by Crippen LogP contribution is 2.34. The van der Waals surface area contributed by atoms with Crippen molar-refractivity contribution in [1.29, 1.82) is 0 Å². The van der Waals surface area contributed by atoms with Gasteiger partial charge in [-0.25, -0.2) is 4.79 Å². The number of rotatable bonds is 9. The maximum absolute atomic E-state index is 12.3. The van der Waals surface area contributed by atoms with Crippen LogP contribution in [-0.4, -0.2) is 42.6 Å². The highest BCUT2D eigenvalue weighted by molar-refractivity contribution is 7.13. The zero-order valence-electron chi connectivity index (χ0n) is 23.6. The number of thiophene rings is 1. The minimum atomic E-state index is -0.375. The Morgan fingerprint density at radius 1 is 1.29 bits per heavy atom. The van der Waals surface area contributed by atoms with E-state index in [1.807, 2.05) is 39.1 Å². The van der Waals surface area contributed by atoms with Crippen LogP contribution >= 0.6 is 11.3 Å². The van der Waals surface area contributed by atoms with Gasteiger partial charge in [-0.3, -0.25) is 9.69 Å². The number of amides is 1. The molecule has 0 aliphatic carbocycles. The Balaban J connectivity index is 0.000000272. The van der Waals surface area contributed by atoms with Gasteiger partial charge in [0.1, 0.15) is 11.8 Å². The number of carbonyl (C=O) groups excluding carboxylic acids is 2. The zero-order valence-corrected chi connectivity index (χ0v) is 24.4. The van der Waals surface area contributed by atoms with Crippen molar-refractivity contribution in [2.45, 2.75) is 72.1 Å². The van der Waals surface area contributed by atoms with Crippen molar-refractivity contribution in [3.8, 4) is 10.4 Å². The van der Waals surface area contributed by atoms with E-state index in [4.69, 9.17) is 10.5 Å². The SMILES string of the molecule is CC.CCCC1(CCC(C)C)CN(C2C=CC(C=O)=CN2)C(=O)O1.CNc1cc(-c2cccs2)ccc1N. The lowest BCUT2D eigenvalue weighted by Crippen LogP contribution is -2.45. The molecule has 0 radical (unpaired) electrons. The van der Waals surface area contributed by atoms with Crippen LogP contribution in [0.5, 0.6) is 0 Å². The van der Waals surface area contributed by atoms with E-state index < -0.39 is 0 Å². The molecule has 8 heteroatoms. The number of nitrogen functional groups attached to an aromatic ring is 1. The molecule has 0 bridgehead atoms. The number of ether oxygens (including phenoxy) is 1. The lowest BCUT2D eigenvalue weighted by molar-refractivity contribution is -0.104. The Labute approximate surface area is 232 Å². The number of nitrogens with two attached hydrogens (primary N) is 1. The maximum atomic E-state index is 12.3. The summed E-state index contributed by atoms with van der Waals surface area (Å²) in [6.07, 6.45) is 9.28. The van der Waals surface area contributed by atoms with Crippen LogP contribution in [0, 0.1) is 5.92 Å². The van der Waals surface area contributed by atoms with Crippen molar-refractivity contribution in [2.75, 3.05) is 24.6 Å². The average Bonchev–Trinajstić information content (AvgIpc) is 3.58. The molecule has 7 nitrogen and oxygen atoms in total. The van der Waals surface area contributed by atoms with Gasteiger partial charge in [-0.2, -0.15) is 0 Å². The molecule has 4 N–H and O–H groups in total. The second-order valence-corrected chi connectivity index (χ2v) is 10.6. The Hall–Kier alpha value is -3.26. The summed E-state index contributed by atoms with van der Waals surface area (Å²) in [6, 6.07) is 10.2. The third-order valence-corrected chi connectivity index (χ3v) is 7.29. The summed E-state index contributed by atoms with van der Waals surface area (Å²) in [6.45, 7) is 11.1. The van der Waals surface area contributed by atoms with E-state index >= 15 is 0 Å². The van der Waals surface area contributed by atoms with Gasteiger partial charge in [0.05, 0.1) is 17.9 Å². The molecule has 0 spiro atoms. The predicted octanol–water partition coefficient (Wildman–Crippen LogP) is 7.05. The van der Waals surface area contributed by atoms with Crippen LogP contribution in [0.4, 0.5) is 16.2 Å². The number of hydrogen-bond acceptors (Lipinski definition) is 7. The van der Waals surface area contributed by atoms with Crippen LogP contribution in [0.25, 0.3) is 10.4 Å². The first-order chi connectivity index (χ1) is 18.3. The lowest BCUT2D eigenvalue weighted by Gasteiger charge is -2.29. The van der Waals surface area contributed by atoms with Crippen molar-refractivity contribution in [1.82, 2.24) is 10.2 Å². The van der Waals surface area contributed by atoms with Crippen LogP contribution < -0.4 is 16.4 Å². The molecule has 1 aromatic carbocycles. The number of aldehydes is 1. The number of dihydropyridines is 1. The summed E-state index contributed by atoms with van der Waals surface area (Å²) in [5, 5.41) is 8.23. The summed E-state index contributed by atoms with van der Waals surface area (Å²) in [5.74, 6) is 0.590. The third-order valence-electron chi connectivity index (χ3n) is 6.37. The zero-order chi connectivity index (χ0) is 28.1. The topological polar surface area (TPSA) is 96.7 Å². The first kappa shape index (κ1) is 31.0. The van der Waals surface area contributed by atoms with Crippen molar-refractivity contribution >= 4 is 35.1 Å². The number of cyclic esters (lactones) is 1. The van der Waals surface area contributed by atoms with Gasteiger partial charge in [-0.05, 0) is 60.4 Å². The maximum Gasteiger partial charge on any atom is 0.412 e. The number of allylic oxidation sites excluding steroid dienone is 2. The van der Waals surface area contributed by atoms with E-state index in [1.165, 1.54) is 10.4 Å². The fraction of sp³-hybridized carbons (Fsp3) is 0.467. The van der Waals surface area contributed by atoms with Crippen LogP contribution in [-0.2, 0) is 9.53 Å². The van der Waals surface area contributed by atoms with Gasteiger partial charge in [0.25, 0.3) is 0 Å². The second-order valence-electron chi connectivity index (χ2n) is 9.62. The van der Waals surface area contributed by atoms with Crippen LogP contribution in [0.15, 0.2) is 59.6 Å². The molecule has 2 aliphatic heterocycles. The van der Waals surface area contributed by atoms with Crippen molar-refractivity contribution < 1.29 is 14.3 Å². The quantitative estimate of drug-likeness (QED) is 0.233. The predicted molar refractivity (Wildman–Crippen MR) is 160 cm³/mol. The number of carbonyl (C=O) groups is 2. The van der Waals surface area contributed by atoms with E-state index in [1.54, 1.807) is 28.5 Å². The molecule has 1 fully saturated rings. The number of hydrogen-bond donors (Lipinski definition) is 3. The summed E-state index contributed by atoms with van der Waals surface area (Å²) >= 11 is 1.73. The minimum Gasteiger partial charge on any atom is -0.441 e. The molecule has 2 aromatic rings. The molecule has 1 amide bonds. The summed E-state index contributed by atoms with van der Waals surface area (Å²) < 4.78 is 5.78. The van der Waals surface area contributed by atoms with E-state index in [0.29, 0.717) is 18.0 Å². The molecular formula is C30H44N4O3S. The molecule has 2 atom stereocenters. The van der Waals surface area contributed by atoms with Crippen molar-refractivity contribution in [3.63, 3.8) is 0 Å².